The van der Waals surface area contributed by atoms with Crippen molar-refractivity contribution >= 4 is 22.8 Å². The molecule has 8 nitrogen and oxygen atoms in total. The highest BCUT2D eigenvalue weighted by molar-refractivity contribution is 5.82. The number of para-hydroxylation sites is 1. The van der Waals surface area contributed by atoms with Gasteiger partial charge in [-0.25, -0.2) is 4.79 Å². The maximum atomic E-state index is 13.2. The number of fused-ring (bicyclic) bond motifs is 1. The fourth-order valence-electron chi connectivity index (χ4n) is 3.38. The molecule has 1 unspecified atom stereocenters. The first kappa shape index (κ1) is 19.6. The second-order valence-corrected chi connectivity index (χ2v) is 6.63. The number of carbonyl (C=O) groups excluding carboxylic acids is 1. The normalized spacial score (nSPS) is 19.9. The van der Waals surface area contributed by atoms with Crippen LogP contribution in [0.15, 0.2) is 33.9 Å². The summed E-state index contributed by atoms with van der Waals surface area (Å²) >= 11 is 0. The summed E-state index contributed by atoms with van der Waals surface area (Å²) in [7, 11) is 0. The van der Waals surface area contributed by atoms with Crippen LogP contribution in [0.5, 0.6) is 0 Å². The van der Waals surface area contributed by atoms with E-state index in [1.54, 1.807) is 12.1 Å². The molecule has 1 aliphatic heterocycles. The number of alkyl halides is 3. The number of benzene rings is 1. The molecule has 1 aliphatic rings. The van der Waals surface area contributed by atoms with Gasteiger partial charge in [0.2, 0.25) is 5.91 Å². The molecule has 0 bridgehead atoms. The summed E-state index contributed by atoms with van der Waals surface area (Å²) in [6, 6.07) is 6.22. The second kappa shape index (κ2) is 6.80. The maximum absolute atomic E-state index is 13.2. The van der Waals surface area contributed by atoms with E-state index in [0.717, 1.165) is 9.47 Å². The minimum Gasteiger partial charge on any atom is -0.481 e. The summed E-state index contributed by atoms with van der Waals surface area (Å²) in [5.74, 6) is -2.72. The van der Waals surface area contributed by atoms with Crippen LogP contribution in [0, 0.1) is 5.41 Å². The minimum atomic E-state index is -4.99. The molecule has 11 heteroatoms. The molecule has 1 fully saturated rings. The predicted octanol–water partition coefficient (Wildman–Crippen LogP) is 0.945. The lowest BCUT2D eigenvalue weighted by molar-refractivity contribution is -0.227. The molecular weight excluding hydrogens is 383 g/mol. The molecule has 0 spiro atoms. The van der Waals surface area contributed by atoms with Crippen LogP contribution in [-0.2, 0) is 16.1 Å². The van der Waals surface area contributed by atoms with Crippen molar-refractivity contribution < 1.29 is 27.9 Å². The number of halogens is 3. The third-order valence-corrected chi connectivity index (χ3v) is 5.03. The van der Waals surface area contributed by atoms with Crippen molar-refractivity contribution in [3.05, 3.63) is 45.1 Å². The maximum Gasteiger partial charge on any atom is 0.406 e. The van der Waals surface area contributed by atoms with E-state index in [9.17, 15) is 32.3 Å². The average molecular weight is 399 g/mol. The number of carbonyl (C=O) groups is 2. The number of aryl methyl sites for hydroxylation is 1. The molecule has 1 aromatic carbocycles. The fraction of sp³-hybridized carbons (Fsp3) is 0.412. The van der Waals surface area contributed by atoms with Crippen molar-refractivity contribution in [2.75, 3.05) is 13.1 Å². The number of hydrogen-bond donors (Lipinski definition) is 2. The number of carboxylic acid groups (broad SMARTS) is 1. The van der Waals surface area contributed by atoms with Gasteiger partial charge in [-0.1, -0.05) is 12.1 Å². The Hall–Kier alpha value is -3.11. The summed E-state index contributed by atoms with van der Waals surface area (Å²) in [6.45, 7) is -1.48. The largest absolute Gasteiger partial charge is 0.481 e. The number of nitrogens with zero attached hydrogens (tertiary/aromatic N) is 2. The highest BCUT2D eigenvalue weighted by Gasteiger charge is 2.64. The van der Waals surface area contributed by atoms with Gasteiger partial charge in [-0.2, -0.15) is 13.2 Å². The Balaban J connectivity index is 1.79. The van der Waals surface area contributed by atoms with Crippen molar-refractivity contribution in [2.45, 2.75) is 25.6 Å². The summed E-state index contributed by atoms with van der Waals surface area (Å²) in [4.78, 5) is 50.4. The highest BCUT2D eigenvalue weighted by atomic mass is 19.4. The monoisotopic (exact) mass is 399 g/mol. The zero-order chi connectivity index (χ0) is 20.7. The minimum absolute atomic E-state index is 0.169. The van der Waals surface area contributed by atoms with Gasteiger partial charge < -0.3 is 10.0 Å². The van der Waals surface area contributed by atoms with E-state index in [0.29, 0.717) is 5.52 Å². The van der Waals surface area contributed by atoms with Gasteiger partial charge in [0.05, 0.1) is 10.9 Å². The van der Waals surface area contributed by atoms with E-state index in [4.69, 9.17) is 5.11 Å². The van der Waals surface area contributed by atoms with Gasteiger partial charge in [0.15, 0.2) is 5.41 Å². The Morgan fingerprint density at radius 1 is 1.21 bits per heavy atom. The van der Waals surface area contributed by atoms with Crippen LogP contribution in [0.4, 0.5) is 13.2 Å². The number of aromatic amines is 1. The number of aromatic nitrogens is 2. The number of likely N-dealkylation sites (tertiary alicyclic amines) is 1. The van der Waals surface area contributed by atoms with E-state index in [-0.39, 0.29) is 24.9 Å². The number of carboxylic acids is 1. The topological polar surface area (TPSA) is 112 Å². The standard InChI is InChI=1S/C17H16F3N3O5/c18-17(19,20)16(14(26)27)6-8-22(9-16)12(24)5-7-23-11-4-2-1-3-10(11)13(25)21-15(23)28/h1-4H,5-9H2,(H,26,27)(H,21,25,28). The lowest BCUT2D eigenvalue weighted by atomic mass is 9.86. The second-order valence-electron chi connectivity index (χ2n) is 6.63. The molecule has 1 aromatic heterocycles. The molecule has 150 valence electrons. The Morgan fingerprint density at radius 3 is 2.50 bits per heavy atom. The third-order valence-electron chi connectivity index (χ3n) is 5.03. The zero-order valence-electron chi connectivity index (χ0n) is 14.5. The van der Waals surface area contributed by atoms with Crippen molar-refractivity contribution in [1.82, 2.24) is 14.5 Å². The van der Waals surface area contributed by atoms with Gasteiger partial charge >= 0.3 is 17.8 Å². The van der Waals surface area contributed by atoms with Crippen molar-refractivity contribution in [3.63, 3.8) is 0 Å². The molecule has 1 atom stereocenters. The smallest absolute Gasteiger partial charge is 0.406 e. The lowest BCUT2D eigenvalue weighted by Crippen LogP contribution is -2.47. The molecule has 1 saturated heterocycles. The summed E-state index contributed by atoms with van der Waals surface area (Å²) in [6.07, 6.45) is -6.03. The van der Waals surface area contributed by atoms with Gasteiger partial charge in [-0.3, -0.25) is 23.9 Å². The number of amides is 1. The number of aliphatic carboxylic acids is 1. The molecule has 3 rings (SSSR count). The lowest BCUT2D eigenvalue weighted by Gasteiger charge is -2.27. The average Bonchev–Trinajstić information content (AvgIpc) is 3.08. The first-order chi connectivity index (χ1) is 13.1. The first-order valence-electron chi connectivity index (χ1n) is 8.36. The van der Waals surface area contributed by atoms with E-state index in [1.807, 2.05) is 0 Å². The molecule has 2 aromatic rings. The Kier molecular flexibility index (Phi) is 4.77. The van der Waals surface area contributed by atoms with Gasteiger partial charge in [0.25, 0.3) is 5.56 Å². The predicted molar refractivity (Wildman–Crippen MR) is 90.8 cm³/mol. The van der Waals surface area contributed by atoms with Gasteiger partial charge in [0.1, 0.15) is 0 Å². The van der Waals surface area contributed by atoms with Crippen LogP contribution in [0.2, 0.25) is 0 Å². The van der Waals surface area contributed by atoms with Crippen LogP contribution in [0.3, 0.4) is 0 Å². The summed E-state index contributed by atoms with van der Waals surface area (Å²) in [5, 5.41) is 9.28. The summed E-state index contributed by atoms with van der Waals surface area (Å²) < 4.78 is 40.8. The highest BCUT2D eigenvalue weighted by Crippen LogP contribution is 2.45. The molecule has 1 amide bonds. The quantitative estimate of drug-likeness (QED) is 0.795. The zero-order valence-corrected chi connectivity index (χ0v) is 14.5. The van der Waals surface area contributed by atoms with Crippen LogP contribution < -0.4 is 11.2 Å². The van der Waals surface area contributed by atoms with E-state index < -0.39 is 47.7 Å². The summed E-state index contributed by atoms with van der Waals surface area (Å²) in [5.41, 5.74) is -4.02. The molecule has 0 saturated carbocycles. The van der Waals surface area contributed by atoms with E-state index in [2.05, 4.69) is 4.98 Å². The van der Waals surface area contributed by atoms with Crippen molar-refractivity contribution in [2.24, 2.45) is 5.41 Å². The fourth-order valence-corrected chi connectivity index (χ4v) is 3.38. The molecule has 0 aliphatic carbocycles. The number of H-pyrrole nitrogens is 1. The van der Waals surface area contributed by atoms with Crippen molar-refractivity contribution in [1.29, 1.82) is 0 Å². The van der Waals surface area contributed by atoms with Crippen molar-refractivity contribution in [3.8, 4) is 0 Å². The van der Waals surface area contributed by atoms with Gasteiger partial charge in [-0.15, -0.1) is 0 Å². The Labute approximate surface area is 155 Å². The van der Waals surface area contributed by atoms with Crippen LogP contribution in [-0.4, -0.2) is 50.7 Å². The Morgan fingerprint density at radius 2 is 1.89 bits per heavy atom. The van der Waals surface area contributed by atoms with Gasteiger partial charge in [-0.05, 0) is 18.6 Å². The van der Waals surface area contributed by atoms with Crippen LogP contribution in [0.1, 0.15) is 12.8 Å². The van der Waals surface area contributed by atoms with E-state index >= 15 is 0 Å². The first-order valence-corrected chi connectivity index (χ1v) is 8.36. The molecule has 2 heterocycles. The number of rotatable bonds is 4. The third kappa shape index (κ3) is 3.16. The molecular formula is C17H16F3N3O5. The number of hydrogen-bond acceptors (Lipinski definition) is 4. The van der Waals surface area contributed by atoms with Gasteiger partial charge in [0, 0.05) is 26.1 Å². The van der Waals surface area contributed by atoms with E-state index in [1.165, 1.54) is 12.1 Å². The van der Waals surface area contributed by atoms with Crippen LogP contribution in [0.25, 0.3) is 10.9 Å². The number of nitrogens with one attached hydrogen (secondary N) is 1. The molecule has 0 radical (unpaired) electrons. The molecule has 2 N–H and O–H groups in total. The Bertz CT molecular complexity index is 1060. The van der Waals surface area contributed by atoms with Crippen LogP contribution >= 0.6 is 0 Å². The molecule has 28 heavy (non-hydrogen) atoms. The SMILES string of the molecule is O=C(CCn1c(=O)[nH]c(=O)c2ccccc21)N1CCC(C(=O)O)(C(F)(F)F)C1.